The maximum Gasteiger partial charge on any atom is 0.194 e. The van der Waals surface area contributed by atoms with Gasteiger partial charge in [-0.05, 0) is 23.6 Å². The minimum absolute atomic E-state index is 0.127. The van der Waals surface area contributed by atoms with E-state index in [2.05, 4.69) is 24.6 Å². The molecule has 0 aromatic heterocycles. The number of carbonyl (C=O) groups is 1. The zero-order chi connectivity index (χ0) is 16.7. The summed E-state index contributed by atoms with van der Waals surface area (Å²) in [5, 5.41) is 0. The van der Waals surface area contributed by atoms with Crippen LogP contribution in [-0.4, -0.2) is 18.3 Å². The molecule has 2 aromatic carbocycles. The Hall–Kier alpha value is -1.01. The second-order valence-corrected chi connectivity index (χ2v) is 9.72. The zero-order valence-electron chi connectivity index (χ0n) is 13.2. The van der Waals surface area contributed by atoms with Crippen molar-refractivity contribution in [2.45, 2.75) is 0 Å². The van der Waals surface area contributed by atoms with Gasteiger partial charge < -0.3 is 0 Å². The highest BCUT2D eigenvalue weighted by Crippen LogP contribution is 2.59. The Labute approximate surface area is 158 Å². The first-order valence-corrected chi connectivity index (χ1v) is 11.5. The van der Waals surface area contributed by atoms with Gasteiger partial charge in [0.15, 0.2) is 5.78 Å². The molecule has 0 spiro atoms. The van der Waals surface area contributed by atoms with Crippen LogP contribution in [0.15, 0.2) is 61.2 Å². The van der Waals surface area contributed by atoms with Crippen LogP contribution in [-0.2, 0) is 0 Å². The lowest BCUT2D eigenvalue weighted by molar-refractivity contribution is 0.103. The summed E-state index contributed by atoms with van der Waals surface area (Å²) in [5.41, 5.74) is 4.93. The van der Waals surface area contributed by atoms with Gasteiger partial charge in [0.25, 0.3) is 0 Å². The summed E-state index contributed by atoms with van der Waals surface area (Å²) in [4.78, 5) is 12.9. The van der Waals surface area contributed by atoms with Crippen molar-refractivity contribution < 1.29 is 4.79 Å². The summed E-state index contributed by atoms with van der Waals surface area (Å²) in [6.07, 6.45) is 4.25. The average Bonchev–Trinajstić information content (AvgIpc) is 3.05. The van der Waals surface area contributed by atoms with E-state index in [9.17, 15) is 4.79 Å². The standard InChI is InChI=1S/C19H14OS4/c1-21-18-19(22-2)24-17(23-18)15-11-7-3-5-9-13(11)16(20)14-10-6-4-8-12(14)15/h3-10H,1-2H3. The lowest BCUT2D eigenvalue weighted by Crippen LogP contribution is -2.14. The molecule has 4 rings (SSSR count). The van der Waals surface area contributed by atoms with Crippen molar-refractivity contribution in [1.29, 1.82) is 0 Å². The molecule has 0 atom stereocenters. The molecular formula is C19H14OS4. The maximum absolute atomic E-state index is 12.9. The number of ketones is 1. The molecule has 0 bridgehead atoms. The number of fused-ring (bicyclic) bond motifs is 2. The molecule has 2 aromatic rings. The average molecular weight is 387 g/mol. The van der Waals surface area contributed by atoms with E-state index >= 15 is 0 Å². The molecule has 0 fully saturated rings. The lowest BCUT2D eigenvalue weighted by Gasteiger charge is -2.23. The normalized spacial score (nSPS) is 16.5. The summed E-state index contributed by atoms with van der Waals surface area (Å²) in [6.45, 7) is 0. The predicted octanol–water partition coefficient (Wildman–Crippen LogP) is 6.28. The van der Waals surface area contributed by atoms with Gasteiger partial charge in [0, 0.05) is 16.7 Å². The van der Waals surface area contributed by atoms with Crippen molar-refractivity contribution in [3.05, 3.63) is 83.5 Å². The van der Waals surface area contributed by atoms with Gasteiger partial charge in [0.05, 0.1) is 12.7 Å². The molecule has 2 aliphatic rings. The Kier molecular flexibility index (Phi) is 4.60. The van der Waals surface area contributed by atoms with Crippen molar-refractivity contribution in [3.8, 4) is 0 Å². The number of hydrogen-bond donors (Lipinski definition) is 0. The fourth-order valence-electron chi connectivity index (χ4n) is 2.93. The third-order valence-corrected chi connectivity index (χ3v) is 9.22. The Morgan fingerprint density at radius 2 is 1.12 bits per heavy atom. The second-order valence-electron chi connectivity index (χ2n) is 5.27. The van der Waals surface area contributed by atoms with Crippen molar-refractivity contribution in [2.24, 2.45) is 0 Å². The van der Waals surface area contributed by atoms with Crippen LogP contribution in [0.3, 0.4) is 0 Å². The van der Waals surface area contributed by atoms with Gasteiger partial charge in [-0.1, -0.05) is 72.1 Å². The summed E-state index contributed by atoms with van der Waals surface area (Å²) in [5.74, 6) is 0.127. The van der Waals surface area contributed by atoms with E-state index in [-0.39, 0.29) is 5.78 Å². The van der Waals surface area contributed by atoms with Crippen LogP contribution in [0.1, 0.15) is 27.0 Å². The van der Waals surface area contributed by atoms with Gasteiger partial charge in [0.1, 0.15) is 0 Å². The third kappa shape index (κ3) is 2.58. The lowest BCUT2D eigenvalue weighted by atomic mass is 9.82. The SMILES string of the molecule is CSC1=C(SC)SC(=C2c3ccccc3C(=O)c3ccccc32)S1. The van der Waals surface area contributed by atoms with Crippen LogP contribution in [0.4, 0.5) is 0 Å². The first-order valence-electron chi connectivity index (χ1n) is 7.40. The van der Waals surface area contributed by atoms with E-state index < -0.39 is 0 Å². The molecule has 0 N–H and O–H groups in total. The molecule has 1 aliphatic carbocycles. The van der Waals surface area contributed by atoms with Crippen LogP contribution in [0, 0.1) is 0 Å². The van der Waals surface area contributed by atoms with E-state index in [4.69, 9.17) is 0 Å². The predicted molar refractivity (Wildman–Crippen MR) is 112 cm³/mol. The molecule has 1 nitrogen and oxygen atoms in total. The highest BCUT2D eigenvalue weighted by molar-refractivity contribution is 8.40. The van der Waals surface area contributed by atoms with E-state index in [1.165, 1.54) is 18.3 Å². The monoisotopic (exact) mass is 386 g/mol. The Morgan fingerprint density at radius 1 is 0.708 bits per heavy atom. The van der Waals surface area contributed by atoms with Gasteiger partial charge in [-0.15, -0.1) is 23.5 Å². The Morgan fingerprint density at radius 3 is 1.54 bits per heavy atom. The number of thioether (sulfide) groups is 4. The van der Waals surface area contributed by atoms with Crippen LogP contribution < -0.4 is 0 Å². The number of benzene rings is 2. The fraction of sp³-hybridized carbons (Fsp3) is 0.105. The second kappa shape index (κ2) is 6.71. The fourth-order valence-corrected chi connectivity index (χ4v) is 8.06. The zero-order valence-corrected chi connectivity index (χ0v) is 16.4. The molecular weight excluding hydrogens is 372 g/mol. The van der Waals surface area contributed by atoms with Crippen LogP contribution in [0.25, 0.3) is 5.57 Å². The molecule has 0 radical (unpaired) electrons. The van der Waals surface area contributed by atoms with E-state index in [1.807, 2.05) is 59.9 Å². The van der Waals surface area contributed by atoms with Crippen molar-refractivity contribution in [2.75, 3.05) is 12.5 Å². The Balaban J connectivity index is 1.96. The molecule has 0 amide bonds. The highest BCUT2D eigenvalue weighted by atomic mass is 32.3. The largest absolute Gasteiger partial charge is 0.289 e. The van der Waals surface area contributed by atoms with Crippen molar-refractivity contribution in [1.82, 2.24) is 0 Å². The van der Waals surface area contributed by atoms with Crippen LogP contribution >= 0.6 is 47.0 Å². The third-order valence-electron chi connectivity index (χ3n) is 3.99. The molecule has 0 unspecified atom stereocenters. The summed E-state index contributed by atoms with van der Waals surface area (Å²) < 4.78 is 3.97. The van der Waals surface area contributed by atoms with E-state index in [0.29, 0.717) is 0 Å². The van der Waals surface area contributed by atoms with Crippen LogP contribution in [0.5, 0.6) is 0 Å². The topological polar surface area (TPSA) is 17.1 Å². The first-order chi connectivity index (χ1) is 11.7. The molecule has 0 saturated heterocycles. The molecule has 120 valence electrons. The van der Waals surface area contributed by atoms with Gasteiger partial charge in [-0.2, -0.15) is 0 Å². The quantitative estimate of drug-likeness (QED) is 0.514. The number of rotatable bonds is 2. The molecule has 0 saturated carbocycles. The summed E-state index contributed by atoms with van der Waals surface area (Å²) >= 11 is 7.25. The molecule has 24 heavy (non-hydrogen) atoms. The van der Waals surface area contributed by atoms with Gasteiger partial charge in [0.2, 0.25) is 0 Å². The van der Waals surface area contributed by atoms with E-state index in [0.717, 1.165) is 22.3 Å². The molecule has 1 aliphatic heterocycles. The van der Waals surface area contributed by atoms with Crippen LogP contribution in [0.2, 0.25) is 0 Å². The minimum atomic E-state index is 0.127. The molecule has 5 heteroatoms. The molecule has 1 heterocycles. The van der Waals surface area contributed by atoms with Gasteiger partial charge >= 0.3 is 0 Å². The Bertz CT molecular complexity index is 842. The van der Waals surface area contributed by atoms with Crippen molar-refractivity contribution >= 4 is 58.4 Å². The van der Waals surface area contributed by atoms with Gasteiger partial charge in [-0.3, -0.25) is 4.79 Å². The number of carbonyl (C=O) groups excluding carboxylic acids is 1. The highest BCUT2D eigenvalue weighted by Gasteiger charge is 2.31. The number of hydrogen-bond acceptors (Lipinski definition) is 5. The smallest absolute Gasteiger partial charge is 0.194 e. The van der Waals surface area contributed by atoms with Gasteiger partial charge in [-0.25, -0.2) is 0 Å². The summed E-state index contributed by atoms with van der Waals surface area (Å²) in [7, 11) is 0. The first kappa shape index (κ1) is 16.5. The maximum atomic E-state index is 12.9. The minimum Gasteiger partial charge on any atom is -0.289 e. The summed E-state index contributed by atoms with van der Waals surface area (Å²) in [6, 6.07) is 16.0. The van der Waals surface area contributed by atoms with E-state index in [1.54, 1.807) is 23.5 Å². The van der Waals surface area contributed by atoms with Crippen molar-refractivity contribution in [3.63, 3.8) is 0 Å².